The van der Waals surface area contributed by atoms with Crippen molar-refractivity contribution in [3.8, 4) is 0 Å². The Hall–Kier alpha value is -2.85. The predicted molar refractivity (Wildman–Crippen MR) is 135 cm³/mol. The number of nitrogens with two attached hydrogens (primary N) is 1. The van der Waals surface area contributed by atoms with Gasteiger partial charge in [0.05, 0.1) is 15.7 Å². The van der Waals surface area contributed by atoms with Crippen LogP contribution < -0.4 is 26.1 Å². The van der Waals surface area contributed by atoms with Gasteiger partial charge in [0.2, 0.25) is 27.2 Å². The first kappa shape index (κ1) is 27.7. The number of benzene rings is 1. The average Bonchev–Trinajstić information content (AvgIpc) is 3.47. The molecule has 0 spiro atoms. The number of rotatable bonds is 10. The summed E-state index contributed by atoms with van der Waals surface area (Å²) >= 11 is 12.6. The average molecular weight is 577 g/mol. The van der Waals surface area contributed by atoms with Crippen LogP contribution in [0.3, 0.4) is 0 Å². The Morgan fingerprint density at radius 3 is 2.44 bits per heavy atom. The van der Waals surface area contributed by atoms with Crippen molar-refractivity contribution in [3.63, 3.8) is 0 Å². The molecule has 194 valence electrons. The molecule has 3 amide bonds. The number of hydrogen-bond acceptors (Lipinski definition) is 10. The highest BCUT2D eigenvalue weighted by molar-refractivity contribution is 7.91. The van der Waals surface area contributed by atoms with Crippen molar-refractivity contribution in [2.24, 2.45) is 10.2 Å². The number of amides is 3. The first-order valence-electron chi connectivity index (χ1n) is 10.5. The van der Waals surface area contributed by atoms with E-state index in [9.17, 15) is 22.8 Å². The number of anilines is 2. The molecule has 3 rings (SSSR count). The van der Waals surface area contributed by atoms with Gasteiger partial charge < -0.3 is 16.0 Å². The molecule has 1 aromatic carbocycles. The molecule has 0 aliphatic carbocycles. The Balaban J connectivity index is 1.30. The maximum atomic E-state index is 12.2. The molecule has 0 bridgehead atoms. The van der Waals surface area contributed by atoms with E-state index in [0.29, 0.717) is 46.6 Å². The number of nitrogens with one attached hydrogen (secondary N) is 3. The number of primary sulfonamides is 1. The normalized spacial score (nSPS) is 13.3. The quantitative estimate of drug-likeness (QED) is 0.241. The Labute approximate surface area is 220 Å². The topological polar surface area (TPSA) is 189 Å². The molecule has 2 aromatic rings. The van der Waals surface area contributed by atoms with Crippen LogP contribution in [0.4, 0.5) is 10.8 Å². The van der Waals surface area contributed by atoms with Gasteiger partial charge in [-0.3, -0.25) is 19.4 Å². The fraction of sp³-hybridized carbons (Fsp3) is 0.368. The minimum absolute atomic E-state index is 0.0394. The molecule has 13 nitrogen and oxygen atoms in total. The number of halogens is 2. The number of hydrazone groups is 1. The summed E-state index contributed by atoms with van der Waals surface area (Å²) < 4.78 is 21.9. The second kappa shape index (κ2) is 12.4. The largest absolute Gasteiger partial charge is 0.356 e. The van der Waals surface area contributed by atoms with E-state index in [-0.39, 0.29) is 42.8 Å². The maximum absolute atomic E-state index is 12.2. The lowest BCUT2D eigenvalue weighted by molar-refractivity contribution is -0.124. The summed E-state index contributed by atoms with van der Waals surface area (Å²) in [6.07, 6.45) is 0.891. The third kappa shape index (κ3) is 8.37. The van der Waals surface area contributed by atoms with Crippen LogP contribution in [0, 0.1) is 0 Å². The molecule has 2 heterocycles. The smallest absolute Gasteiger partial charge is 0.267 e. The zero-order valence-electron chi connectivity index (χ0n) is 18.7. The van der Waals surface area contributed by atoms with Crippen molar-refractivity contribution in [3.05, 3.63) is 28.2 Å². The standard InChI is InChI=1S/C19H22Cl2N8O5S2/c20-12-4-3-11(10-13(12)21)29-9-7-14(28-29)24-16(31)2-1-8-23-15(30)5-6-17(32)25-18-26-27-19(35-18)36(22,33)34/h3-4,10H,1-2,5-9H2,(H,23,30)(H2,22,33,34)(H,24,28,31)(H,25,26,32). The monoisotopic (exact) mass is 576 g/mol. The van der Waals surface area contributed by atoms with E-state index in [0.717, 1.165) is 5.69 Å². The third-order valence-electron chi connectivity index (χ3n) is 4.66. The highest BCUT2D eigenvalue weighted by Crippen LogP contribution is 2.28. The molecule has 5 N–H and O–H groups in total. The Bertz CT molecular complexity index is 1280. The summed E-state index contributed by atoms with van der Waals surface area (Å²) in [7, 11) is -4.00. The molecule has 1 aliphatic rings. The van der Waals surface area contributed by atoms with Gasteiger partial charge in [-0.15, -0.1) is 10.2 Å². The van der Waals surface area contributed by atoms with E-state index in [1.54, 1.807) is 23.2 Å². The number of carbonyl (C=O) groups excluding carboxylic acids is 3. The van der Waals surface area contributed by atoms with Crippen LogP contribution >= 0.6 is 34.5 Å². The van der Waals surface area contributed by atoms with E-state index >= 15 is 0 Å². The van der Waals surface area contributed by atoms with Crippen molar-refractivity contribution < 1.29 is 22.8 Å². The van der Waals surface area contributed by atoms with Crippen molar-refractivity contribution >= 4 is 78.9 Å². The predicted octanol–water partition coefficient (Wildman–Crippen LogP) is 1.45. The second-order valence-corrected chi connectivity index (χ2v) is 11.0. The molecule has 0 radical (unpaired) electrons. The molecule has 0 saturated carbocycles. The summed E-state index contributed by atoms with van der Waals surface area (Å²) in [6.45, 7) is 0.841. The third-order valence-corrected chi connectivity index (χ3v) is 7.55. The lowest BCUT2D eigenvalue weighted by atomic mass is 10.2. The summed E-state index contributed by atoms with van der Waals surface area (Å²) in [4.78, 5) is 36.0. The molecule has 0 atom stereocenters. The molecule has 1 aliphatic heterocycles. The Morgan fingerprint density at radius 2 is 1.75 bits per heavy atom. The van der Waals surface area contributed by atoms with Crippen LogP contribution in [0.25, 0.3) is 0 Å². The van der Waals surface area contributed by atoms with Gasteiger partial charge in [0.1, 0.15) is 5.84 Å². The van der Waals surface area contributed by atoms with Gasteiger partial charge >= 0.3 is 0 Å². The van der Waals surface area contributed by atoms with Crippen LogP contribution in [-0.4, -0.2) is 55.3 Å². The van der Waals surface area contributed by atoms with Gasteiger partial charge in [0.25, 0.3) is 10.0 Å². The zero-order valence-corrected chi connectivity index (χ0v) is 21.8. The molecular weight excluding hydrogens is 555 g/mol. The van der Waals surface area contributed by atoms with Crippen LogP contribution in [0.15, 0.2) is 27.6 Å². The highest BCUT2D eigenvalue weighted by Gasteiger charge is 2.19. The van der Waals surface area contributed by atoms with E-state index in [1.165, 1.54) is 0 Å². The number of aromatic nitrogens is 2. The fourth-order valence-corrected chi connectivity index (χ4v) is 4.59. The van der Waals surface area contributed by atoms with Crippen molar-refractivity contribution in [2.75, 3.05) is 23.4 Å². The molecule has 0 saturated heterocycles. The van der Waals surface area contributed by atoms with Crippen molar-refractivity contribution in [1.82, 2.24) is 20.8 Å². The maximum Gasteiger partial charge on any atom is 0.267 e. The molecule has 0 fully saturated rings. The molecule has 17 heteroatoms. The first-order chi connectivity index (χ1) is 17.0. The Morgan fingerprint density at radius 1 is 1.03 bits per heavy atom. The molecule has 36 heavy (non-hydrogen) atoms. The molecular formula is C19H22Cl2N8O5S2. The van der Waals surface area contributed by atoms with Gasteiger partial charge in [-0.2, -0.15) is 5.10 Å². The summed E-state index contributed by atoms with van der Waals surface area (Å²) in [5.41, 5.74) is 0.765. The Kier molecular flexibility index (Phi) is 9.56. The zero-order chi connectivity index (χ0) is 26.3. The van der Waals surface area contributed by atoms with Gasteiger partial charge in [-0.25, -0.2) is 13.6 Å². The van der Waals surface area contributed by atoms with Gasteiger partial charge in [-0.1, -0.05) is 34.5 Å². The minimum Gasteiger partial charge on any atom is -0.356 e. The van der Waals surface area contributed by atoms with Crippen LogP contribution in [0.2, 0.25) is 10.0 Å². The van der Waals surface area contributed by atoms with Crippen molar-refractivity contribution in [2.45, 2.75) is 36.4 Å². The fourth-order valence-electron chi connectivity index (χ4n) is 2.95. The highest BCUT2D eigenvalue weighted by atomic mass is 35.5. The van der Waals surface area contributed by atoms with E-state index in [4.69, 9.17) is 28.3 Å². The SMILES string of the molecule is NS(=O)(=O)c1nnc(NC(=O)CCC(=O)NCCCC(=O)NC2=NN(c3ccc(Cl)c(Cl)c3)CC2)s1. The number of nitrogens with zero attached hydrogens (tertiary/aromatic N) is 4. The van der Waals surface area contributed by atoms with E-state index in [2.05, 4.69) is 31.2 Å². The summed E-state index contributed by atoms with van der Waals surface area (Å²) in [5, 5.41) is 26.5. The minimum atomic E-state index is -4.00. The van der Waals surface area contributed by atoms with Crippen LogP contribution in [-0.2, 0) is 24.4 Å². The van der Waals surface area contributed by atoms with Crippen LogP contribution in [0.1, 0.15) is 32.1 Å². The number of carbonyl (C=O) groups is 3. The van der Waals surface area contributed by atoms with Gasteiger partial charge in [0, 0.05) is 38.8 Å². The summed E-state index contributed by atoms with van der Waals surface area (Å²) in [5.74, 6) is -0.596. The van der Waals surface area contributed by atoms with Gasteiger partial charge in [-0.05, 0) is 24.6 Å². The lowest BCUT2D eigenvalue weighted by Gasteiger charge is -2.13. The second-order valence-electron chi connectivity index (χ2n) is 7.49. The molecule has 0 unspecified atom stereocenters. The lowest BCUT2D eigenvalue weighted by Crippen LogP contribution is -2.31. The first-order valence-corrected chi connectivity index (χ1v) is 13.7. The van der Waals surface area contributed by atoms with Crippen LogP contribution in [0.5, 0.6) is 0 Å². The number of hydrogen-bond donors (Lipinski definition) is 4. The van der Waals surface area contributed by atoms with Crippen molar-refractivity contribution in [1.29, 1.82) is 0 Å². The number of sulfonamides is 1. The van der Waals surface area contributed by atoms with Gasteiger partial charge in [0.15, 0.2) is 0 Å². The van der Waals surface area contributed by atoms with E-state index in [1.807, 2.05) is 0 Å². The number of amidine groups is 1. The summed E-state index contributed by atoms with van der Waals surface area (Å²) in [6, 6.07) is 5.16. The molecule has 1 aromatic heterocycles. The van der Waals surface area contributed by atoms with E-state index < -0.39 is 20.3 Å².